The molecule has 0 unspecified atom stereocenters. The number of halogens is 1. The van der Waals surface area contributed by atoms with Gasteiger partial charge in [-0.2, -0.15) is 4.98 Å². The number of furan rings is 1. The maximum absolute atomic E-state index is 5.93. The molecule has 3 aromatic heterocycles. The van der Waals surface area contributed by atoms with Crippen molar-refractivity contribution >= 4 is 28.5 Å². The van der Waals surface area contributed by atoms with Gasteiger partial charge in [-0.15, -0.1) is 0 Å². The van der Waals surface area contributed by atoms with Crippen molar-refractivity contribution < 1.29 is 9.15 Å². The third-order valence-electron chi connectivity index (χ3n) is 2.90. The molecule has 3 aromatic rings. The molecule has 0 bridgehead atoms. The Bertz CT molecular complexity index is 709. The molecule has 3 rings (SSSR count). The van der Waals surface area contributed by atoms with Crippen LogP contribution >= 0.6 is 11.6 Å². The van der Waals surface area contributed by atoms with Crippen LogP contribution in [0, 0.1) is 0 Å². The van der Waals surface area contributed by atoms with Crippen LogP contribution in [0.1, 0.15) is 11.3 Å². The number of fused-ring (bicyclic) bond motifs is 1. The second kappa shape index (κ2) is 5.52. The van der Waals surface area contributed by atoms with Gasteiger partial charge in [-0.1, -0.05) is 0 Å². The number of hydrogen-bond acceptors (Lipinski definition) is 5. The SMILES string of the molecule is COCc1c[nH]c2nc(Cl)nc(NCc3ccco3)c12. The minimum absolute atomic E-state index is 0.185. The van der Waals surface area contributed by atoms with E-state index in [1.807, 2.05) is 18.3 Å². The fourth-order valence-corrected chi connectivity index (χ4v) is 2.22. The molecule has 0 aliphatic rings. The van der Waals surface area contributed by atoms with Gasteiger partial charge < -0.3 is 19.5 Å². The van der Waals surface area contributed by atoms with Gasteiger partial charge in [-0.05, 0) is 23.7 Å². The number of ether oxygens (including phenoxy) is 1. The Hall–Kier alpha value is -2.05. The Balaban J connectivity index is 1.96. The topological polar surface area (TPSA) is 76.0 Å². The largest absolute Gasteiger partial charge is 0.467 e. The molecular formula is C13H13ClN4O2. The minimum atomic E-state index is 0.185. The fourth-order valence-electron chi connectivity index (χ4n) is 2.05. The van der Waals surface area contributed by atoms with E-state index in [-0.39, 0.29) is 5.28 Å². The highest BCUT2D eigenvalue weighted by Crippen LogP contribution is 2.26. The van der Waals surface area contributed by atoms with Crippen molar-refractivity contribution in [2.24, 2.45) is 0 Å². The number of anilines is 1. The second-order valence-corrected chi connectivity index (χ2v) is 4.58. The highest BCUT2D eigenvalue weighted by Gasteiger charge is 2.13. The maximum Gasteiger partial charge on any atom is 0.226 e. The van der Waals surface area contributed by atoms with Gasteiger partial charge >= 0.3 is 0 Å². The maximum atomic E-state index is 5.93. The highest BCUT2D eigenvalue weighted by atomic mass is 35.5. The van der Waals surface area contributed by atoms with Gasteiger partial charge in [0.05, 0.1) is 24.8 Å². The van der Waals surface area contributed by atoms with E-state index in [0.29, 0.717) is 24.6 Å². The number of aromatic nitrogens is 3. The number of nitrogens with zero attached hydrogens (tertiary/aromatic N) is 2. The molecule has 7 heteroatoms. The van der Waals surface area contributed by atoms with Crippen LogP contribution in [0.3, 0.4) is 0 Å². The lowest BCUT2D eigenvalue weighted by atomic mass is 10.2. The van der Waals surface area contributed by atoms with Crippen LogP contribution in [0.2, 0.25) is 5.28 Å². The summed E-state index contributed by atoms with van der Waals surface area (Å²) in [7, 11) is 1.64. The van der Waals surface area contributed by atoms with Crippen molar-refractivity contribution in [2.75, 3.05) is 12.4 Å². The Kier molecular flexibility index (Phi) is 3.58. The first kappa shape index (κ1) is 13.0. The number of methoxy groups -OCH3 is 1. The van der Waals surface area contributed by atoms with Gasteiger partial charge in [-0.25, -0.2) is 4.98 Å². The zero-order valence-electron chi connectivity index (χ0n) is 10.8. The highest BCUT2D eigenvalue weighted by molar-refractivity contribution is 6.28. The molecule has 2 N–H and O–H groups in total. The summed E-state index contributed by atoms with van der Waals surface area (Å²) < 4.78 is 10.5. The molecule has 0 saturated heterocycles. The van der Waals surface area contributed by atoms with Gasteiger partial charge in [0.15, 0.2) is 0 Å². The van der Waals surface area contributed by atoms with Crippen molar-refractivity contribution in [3.8, 4) is 0 Å². The lowest BCUT2D eigenvalue weighted by Gasteiger charge is -2.07. The van der Waals surface area contributed by atoms with Gasteiger partial charge in [0.25, 0.3) is 0 Å². The standard InChI is InChI=1S/C13H13ClN4O2/c1-19-7-8-5-15-11-10(8)12(18-13(14)17-11)16-6-9-3-2-4-20-9/h2-5H,6-7H2,1H3,(H2,15,16,17,18). The molecular weight excluding hydrogens is 280 g/mol. The molecule has 3 heterocycles. The van der Waals surface area contributed by atoms with E-state index in [9.17, 15) is 0 Å². The smallest absolute Gasteiger partial charge is 0.226 e. The Labute approximate surface area is 120 Å². The van der Waals surface area contributed by atoms with Crippen molar-refractivity contribution in [2.45, 2.75) is 13.2 Å². The second-order valence-electron chi connectivity index (χ2n) is 4.24. The van der Waals surface area contributed by atoms with E-state index in [1.165, 1.54) is 0 Å². The average Bonchev–Trinajstić information content (AvgIpc) is 3.06. The number of nitrogens with one attached hydrogen (secondary N) is 2. The number of hydrogen-bond donors (Lipinski definition) is 2. The number of rotatable bonds is 5. The van der Waals surface area contributed by atoms with Crippen LogP contribution in [-0.2, 0) is 17.9 Å². The van der Waals surface area contributed by atoms with Gasteiger partial charge in [0, 0.05) is 18.9 Å². The predicted molar refractivity (Wildman–Crippen MR) is 75.6 cm³/mol. The molecule has 0 atom stereocenters. The van der Waals surface area contributed by atoms with Crippen molar-refractivity contribution in [1.82, 2.24) is 15.0 Å². The van der Waals surface area contributed by atoms with Crippen LogP contribution in [-0.4, -0.2) is 22.1 Å². The van der Waals surface area contributed by atoms with Crippen LogP contribution < -0.4 is 5.32 Å². The zero-order valence-corrected chi connectivity index (χ0v) is 11.6. The molecule has 0 fully saturated rings. The Morgan fingerprint density at radius 1 is 1.45 bits per heavy atom. The molecule has 0 radical (unpaired) electrons. The summed E-state index contributed by atoms with van der Waals surface area (Å²) in [5.41, 5.74) is 1.65. The van der Waals surface area contributed by atoms with E-state index in [0.717, 1.165) is 16.7 Å². The third kappa shape index (κ3) is 2.48. The van der Waals surface area contributed by atoms with Crippen molar-refractivity contribution in [3.05, 3.63) is 41.2 Å². The van der Waals surface area contributed by atoms with E-state index in [2.05, 4.69) is 20.3 Å². The molecule has 0 amide bonds. The zero-order chi connectivity index (χ0) is 13.9. The van der Waals surface area contributed by atoms with Gasteiger partial charge in [0.2, 0.25) is 5.28 Å². The van der Waals surface area contributed by atoms with E-state index < -0.39 is 0 Å². The Morgan fingerprint density at radius 2 is 2.35 bits per heavy atom. The molecule has 0 saturated carbocycles. The molecule has 0 aliphatic heterocycles. The van der Waals surface area contributed by atoms with Crippen molar-refractivity contribution in [3.63, 3.8) is 0 Å². The lowest BCUT2D eigenvalue weighted by molar-refractivity contribution is 0.186. The molecule has 6 nitrogen and oxygen atoms in total. The first-order valence-electron chi connectivity index (χ1n) is 6.06. The normalized spacial score (nSPS) is 11.1. The summed E-state index contributed by atoms with van der Waals surface area (Å²) in [6.45, 7) is 0.994. The predicted octanol–water partition coefficient (Wildman–Crippen LogP) is 2.96. The Morgan fingerprint density at radius 3 is 3.10 bits per heavy atom. The quantitative estimate of drug-likeness (QED) is 0.707. The molecule has 0 spiro atoms. The summed E-state index contributed by atoms with van der Waals surface area (Å²) in [6, 6.07) is 3.73. The molecule has 20 heavy (non-hydrogen) atoms. The van der Waals surface area contributed by atoms with Crippen LogP contribution in [0.4, 0.5) is 5.82 Å². The van der Waals surface area contributed by atoms with Gasteiger partial charge in [0.1, 0.15) is 17.2 Å². The monoisotopic (exact) mass is 292 g/mol. The van der Waals surface area contributed by atoms with Crippen LogP contribution in [0.5, 0.6) is 0 Å². The molecule has 0 aliphatic carbocycles. The number of H-pyrrole nitrogens is 1. The first-order valence-corrected chi connectivity index (χ1v) is 6.44. The number of aromatic amines is 1. The van der Waals surface area contributed by atoms with Crippen LogP contribution in [0.25, 0.3) is 11.0 Å². The van der Waals surface area contributed by atoms with E-state index >= 15 is 0 Å². The van der Waals surface area contributed by atoms with Crippen molar-refractivity contribution in [1.29, 1.82) is 0 Å². The van der Waals surface area contributed by atoms with Crippen LogP contribution in [0.15, 0.2) is 29.0 Å². The summed E-state index contributed by atoms with van der Waals surface area (Å²) in [5, 5.41) is 4.27. The molecule has 0 aromatic carbocycles. The minimum Gasteiger partial charge on any atom is -0.467 e. The summed E-state index contributed by atoms with van der Waals surface area (Å²) in [4.78, 5) is 11.5. The fraction of sp³-hybridized carbons (Fsp3) is 0.231. The molecule has 104 valence electrons. The summed E-state index contributed by atoms with van der Waals surface area (Å²) in [6.07, 6.45) is 3.48. The van der Waals surface area contributed by atoms with Gasteiger partial charge in [-0.3, -0.25) is 0 Å². The van der Waals surface area contributed by atoms with E-state index in [1.54, 1.807) is 13.4 Å². The van der Waals surface area contributed by atoms with E-state index in [4.69, 9.17) is 20.8 Å². The summed E-state index contributed by atoms with van der Waals surface area (Å²) in [5.74, 6) is 1.47. The average molecular weight is 293 g/mol. The first-order chi connectivity index (χ1) is 9.78. The lowest BCUT2D eigenvalue weighted by Crippen LogP contribution is -2.03. The third-order valence-corrected chi connectivity index (χ3v) is 3.06. The summed E-state index contributed by atoms with van der Waals surface area (Å²) >= 11 is 5.93.